The van der Waals surface area contributed by atoms with E-state index in [9.17, 15) is 14.0 Å². The van der Waals surface area contributed by atoms with Gasteiger partial charge in [0, 0.05) is 25.5 Å². The zero-order chi connectivity index (χ0) is 17.8. The van der Waals surface area contributed by atoms with E-state index in [-0.39, 0.29) is 17.3 Å². The van der Waals surface area contributed by atoms with Gasteiger partial charge in [0.25, 0.3) is 5.91 Å². The minimum atomic E-state index is -0.559. The maximum absolute atomic E-state index is 13.7. The first-order chi connectivity index (χ1) is 12.1. The summed E-state index contributed by atoms with van der Waals surface area (Å²) >= 11 is 0. The number of carbonyl (C=O) groups excluding carboxylic acids is 1. The second kappa shape index (κ2) is 7.09. The molecule has 3 aromatic rings. The lowest BCUT2D eigenvalue weighted by molar-refractivity contribution is 0.0752. The lowest BCUT2D eigenvalue weighted by atomic mass is 10.0. The van der Waals surface area contributed by atoms with Crippen LogP contribution in [0.1, 0.15) is 27.7 Å². The van der Waals surface area contributed by atoms with Gasteiger partial charge < -0.3 is 9.88 Å². The number of amides is 1. The number of hydrogen-bond donors (Lipinski definition) is 1. The van der Waals surface area contributed by atoms with E-state index < -0.39 is 6.04 Å². The first-order valence-corrected chi connectivity index (χ1v) is 7.68. The highest BCUT2D eigenvalue weighted by Crippen LogP contribution is 2.27. The van der Waals surface area contributed by atoms with E-state index in [0.717, 1.165) is 0 Å². The maximum Gasteiger partial charge on any atom is 0.255 e. The van der Waals surface area contributed by atoms with E-state index in [1.165, 1.54) is 35.4 Å². The second-order valence-corrected chi connectivity index (χ2v) is 5.57. The molecule has 0 saturated heterocycles. The molecule has 126 valence electrons. The quantitative estimate of drug-likeness (QED) is 0.796. The SMILES string of the molecule is CN(C(=O)c1ccc(=O)[nH]c1)[C@@H](c1cccc(F)c1)c1ccccn1. The summed E-state index contributed by atoms with van der Waals surface area (Å²) in [4.78, 5) is 32.3. The first kappa shape index (κ1) is 16.6. The van der Waals surface area contributed by atoms with E-state index in [0.29, 0.717) is 16.8 Å². The van der Waals surface area contributed by atoms with Gasteiger partial charge in [-0.05, 0) is 35.9 Å². The van der Waals surface area contributed by atoms with Crippen molar-refractivity contribution in [2.45, 2.75) is 6.04 Å². The number of H-pyrrole nitrogens is 1. The van der Waals surface area contributed by atoms with E-state index in [2.05, 4.69) is 9.97 Å². The van der Waals surface area contributed by atoms with Crippen LogP contribution in [-0.2, 0) is 0 Å². The Morgan fingerprint density at radius 3 is 2.64 bits per heavy atom. The van der Waals surface area contributed by atoms with Gasteiger partial charge in [-0.15, -0.1) is 0 Å². The number of nitrogens with one attached hydrogen (secondary N) is 1. The average Bonchev–Trinajstić information content (AvgIpc) is 2.63. The zero-order valence-corrected chi connectivity index (χ0v) is 13.5. The van der Waals surface area contributed by atoms with E-state index >= 15 is 0 Å². The summed E-state index contributed by atoms with van der Waals surface area (Å²) in [6.45, 7) is 0. The van der Waals surface area contributed by atoms with Crippen LogP contribution in [0.15, 0.2) is 71.8 Å². The monoisotopic (exact) mass is 337 g/mol. The summed E-state index contributed by atoms with van der Waals surface area (Å²) in [5, 5.41) is 0. The largest absolute Gasteiger partial charge is 0.329 e. The number of nitrogens with zero attached hydrogens (tertiary/aromatic N) is 2. The molecule has 1 aromatic carbocycles. The molecule has 0 unspecified atom stereocenters. The molecule has 3 rings (SSSR count). The Hall–Kier alpha value is -3.28. The molecule has 0 saturated carbocycles. The van der Waals surface area contributed by atoms with Crippen LogP contribution >= 0.6 is 0 Å². The highest BCUT2D eigenvalue weighted by atomic mass is 19.1. The summed E-state index contributed by atoms with van der Waals surface area (Å²) in [6.07, 6.45) is 2.99. The highest BCUT2D eigenvalue weighted by Gasteiger charge is 2.25. The van der Waals surface area contributed by atoms with E-state index in [1.54, 1.807) is 37.5 Å². The highest BCUT2D eigenvalue weighted by molar-refractivity contribution is 5.94. The molecule has 0 aliphatic carbocycles. The van der Waals surface area contributed by atoms with Gasteiger partial charge in [0.1, 0.15) is 5.82 Å². The predicted octanol–water partition coefficient (Wildman–Crippen LogP) is 2.77. The molecule has 0 bridgehead atoms. The fourth-order valence-corrected chi connectivity index (χ4v) is 2.67. The standard InChI is InChI=1S/C19H16FN3O2/c1-23(19(25)14-8-9-17(24)22-12-14)18(16-7-2-3-10-21-16)13-5-4-6-15(20)11-13/h2-12,18H,1H3,(H,22,24)/t18-/m0/s1. The molecule has 2 heterocycles. The lowest BCUT2D eigenvalue weighted by Gasteiger charge is -2.28. The summed E-state index contributed by atoms with van der Waals surface area (Å²) < 4.78 is 13.7. The van der Waals surface area contributed by atoms with Crippen molar-refractivity contribution in [1.29, 1.82) is 0 Å². The van der Waals surface area contributed by atoms with Crippen LogP contribution in [0, 0.1) is 5.82 Å². The van der Waals surface area contributed by atoms with Crippen molar-refractivity contribution in [3.05, 3.63) is 100.0 Å². The predicted molar refractivity (Wildman–Crippen MR) is 91.6 cm³/mol. The zero-order valence-electron chi connectivity index (χ0n) is 13.5. The van der Waals surface area contributed by atoms with Gasteiger partial charge in [0.2, 0.25) is 5.56 Å². The summed E-state index contributed by atoms with van der Waals surface area (Å²) in [5.41, 5.74) is 1.28. The molecule has 25 heavy (non-hydrogen) atoms. The third-order valence-corrected chi connectivity index (χ3v) is 3.87. The maximum atomic E-state index is 13.7. The molecule has 2 aromatic heterocycles. The van der Waals surface area contributed by atoms with Crippen molar-refractivity contribution in [1.82, 2.24) is 14.9 Å². The van der Waals surface area contributed by atoms with Gasteiger partial charge in [-0.25, -0.2) is 4.39 Å². The van der Waals surface area contributed by atoms with Crippen molar-refractivity contribution >= 4 is 5.91 Å². The van der Waals surface area contributed by atoms with Crippen LogP contribution in [0.5, 0.6) is 0 Å². The summed E-state index contributed by atoms with van der Waals surface area (Å²) in [7, 11) is 1.62. The number of aromatic amines is 1. The smallest absolute Gasteiger partial charge is 0.255 e. The van der Waals surface area contributed by atoms with Crippen molar-refractivity contribution in [2.24, 2.45) is 0 Å². The molecule has 0 spiro atoms. The Morgan fingerprint density at radius 2 is 2.00 bits per heavy atom. The number of halogens is 1. The molecule has 0 aliphatic heterocycles. The normalized spacial score (nSPS) is 11.8. The van der Waals surface area contributed by atoms with Crippen LogP contribution in [0.2, 0.25) is 0 Å². The van der Waals surface area contributed by atoms with Crippen molar-refractivity contribution in [3.63, 3.8) is 0 Å². The van der Waals surface area contributed by atoms with Crippen LogP contribution < -0.4 is 5.56 Å². The molecule has 0 aliphatic rings. The Morgan fingerprint density at radius 1 is 1.16 bits per heavy atom. The molecule has 5 nitrogen and oxygen atoms in total. The molecule has 0 fully saturated rings. The summed E-state index contributed by atoms with van der Waals surface area (Å²) in [6, 6.07) is 13.6. The molecule has 6 heteroatoms. The number of hydrogen-bond acceptors (Lipinski definition) is 3. The van der Waals surface area contributed by atoms with Gasteiger partial charge in [-0.3, -0.25) is 14.6 Å². The molecule has 0 radical (unpaired) electrons. The fraction of sp³-hybridized carbons (Fsp3) is 0.105. The van der Waals surface area contributed by atoms with Gasteiger partial charge >= 0.3 is 0 Å². The van der Waals surface area contributed by atoms with E-state index in [4.69, 9.17) is 0 Å². The third kappa shape index (κ3) is 3.63. The van der Waals surface area contributed by atoms with Crippen LogP contribution in [-0.4, -0.2) is 27.8 Å². The minimum absolute atomic E-state index is 0.286. The molecular formula is C19H16FN3O2. The minimum Gasteiger partial charge on any atom is -0.329 e. The third-order valence-electron chi connectivity index (χ3n) is 3.87. The topological polar surface area (TPSA) is 66.1 Å². The Labute approximate surface area is 143 Å². The molecule has 1 atom stereocenters. The number of benzene rings is 1. The van der Waals surface area contributed by atoms with Crippen LogP contribution in [0.25, 0.3) is 0 Å². The number of rotatable bonds is 4. The lowest BCUT2D eigenvalue weighted by Crippen LogP contribution is -2.33. The van der Waals surface area contributed by atoms with Gasteiger partial charge in [-0.1, -0.05) is 18.2 Å². The number of pyridine rings is 2. The van der Waals surface area contributed by atoms with Gasteiger partial charge in [0.15, 0.2) is 0 Å². The van der Waals surface area contributed by atoms with Crippen molar-refractivity contribution < 1.29 is 9.18 Å². The van der Waals surface area contributed by atoms with Gasteiger partial charge in [-0.2, -0.15) is 0 Å². The number of aromatic nitrogens is 2. The number of carbonyl (C=O) groups is 1. The molecular weight excluding hydrogens is 321 g/mol. The van der Waals surface area contributed by atoms with Crippen LogP contribution in [0.3, 0.4) is 0 Å². The molecule has 1 amide bonds. The molecule has 1 N–H and O–H groups in total. The van der Waals surface area contributed by atoms with Crippen molar-refractivity contribution in [3.8, 4) is 0 Å². The fourth-order valence-electron chi connectivity index (χ4n) is 2.67. The van der Waals surface area contributed by atoms with E-state index in [1.807, 2.05) is 6.07 Å². The van der Waals surface area contributed by atoms with Crippen molar-refractivity contribution in [2.75, 3.05) is 7.05 Å². The first-order valence-electron chi connectivity index (χ1n) is 7.68. The summed E-state index contributed by atoms with van der Waals surface area (Å²) in [5.74, 6) is -0.695. The Kier molecular flexibility index (Phi) is 4.70. The van der Waals surface area contributed by atoms with Gasteiger partial charge in [0.05, 0.1) is 17.3 Å². The average molecular weight is 337 g/mol. The van der Waals surface area contributed by atoms with Crippen LogP contribution in [0.4, 0.5) is 4.39 Å². The Balaban J connectivity index is 2.03. The second-order valence-electron chi connectivity index (χ2n) is 5.57. The Bertz CT molecular complexity index is 920.